The zero-order valence-corrected chi connectivity index (χ0v) is 17.4. The van der Waals surface area contributed by atoms with Gasteiger partial charge >= 0.3 is 0 Å². The molecule has 0 heterocycles. The van der Waals surface area contributed by atoms with Crippen molar-refractivity contribution in [3.8, 4) is 11.5 Å². The molecule has 30 heavy (non-hydrogen) atoms. The molecule has 164 valence electrons. The van der Waals surface area contributed by atoms with Gasteiger partial charge in [0.05, 0.1) is 19.8 Å². The number of nitrogens with zero attached hydrogens (tertiary/aromatic N) is 1. The molecule has 0 spiro atoms. The molecule has 0 fully saturated rings. The van der Waals surface area contributed by atoms with Crippen LogP contribution in [0.3, 0.4) is 0 Å². The second-order valence-electron chi connectivity index (χ2n) is 6.01. The van der Waals surface area contributed by atoms with Crippen LogP contribution in [-0.4, -0.2) is 45.4 Å². The molecule has 0 aromatic heterocycles. The number of likely N-dealkylation sites (N-methyl/N-ethyl adjacent to an activating group) is 1. The maximum Gasteiger partial charge on any atom is 0.246 e. The molecule has 11 heteroatoms. The van der Waals surface area contributed by atoms with E-state index >= 15 is 0 Å². The molecule has 0 unspecified atom stereocenters. The molecule has 1 amide bonds. The Morgan fingerprint density at radius 3 is 2.27 bits per heavy atom. The quantitative estimate of drug-likeness (QED) is 0.598. The number of benzene rings is 2. The first-order valence-electron chi connectivity index (χ1n) is 8.91. The maximum absolute atomic E-state index is 13.9. The van der Waals surface area contributed by atoms with Gasteiger partial charge in [0, 0.05) is 18.8 Å². The standard InChI is InChI=1S/C19H21F3N2O5S/c1-4-28-14-8-6-12(10-15(14)29-5-2)23-17(25)11-24(3)30(26,27)16-9-7-13(20)18(21)19(16)22/h6-10H,4-5,11H2,1-3H3,(H,23,25). The summed E-state index contributed by atoms with van der Waals surface area (Å²) < 4.78 is 76.6. The number of carbonyl (C=O) groups excluding carboxylic acids is 1. The van der Waals surface area contributed by atoms with E-state index in [9.17, 15) is 26.4 Å². The van der Waals surface area contributed by atoms with Crippen molar-refractivity contribution in [2.45, 2.75) is 18.7 Å². The third-order valence-electron chi connectivity index (χ3n) is 3.88. The summed E-state index contributed by atoms with van der Waals surface area (Å²) in [6.45, 7) is 3.65. The van der Waals surface area contributed by atoms with Gasteiger partial charge in [0.2, 0.25) is 15.9 Å². The number of hydrogen-bond acceptors (Lipinski definition) is 5. The van der Waals surface area contributed by atoms with Crippen molar-refractivity contribution in [2.24, 2.45) is 0 Å². The van der Waals surface area contributed by atoms with Gasteiger partial charge < -0.3 is 14.8 Å². The van der Waals surface area contributed by atoms with Gasteiger partial charge in [-0.25, -0.2) is 21.6 Å². The van der Waals surface area contributed by atoms with Gasteiger partial charge in [-0.3, -0.25) is 4.79 Å². The summed E-state index contributed by atoms with van der Waals surface area (Å²) in [6.07, 6.45) is 0. The topological polar surface area (TPSA) is 84.9 Å². The van der Waals surface area contributed by atoms with Crippen LogP contribution in [0.15, 0.2) is 35.2 Å². The van der Waals surface area contributed by atoms with Crippen molar-refractivity contribution in [2.75, 3.05) is 32.1 Å². The van der Waals surface area contributed by atoms with Gasteiger partial charge in [-0.2, -0.15) is 4.31 Å². The normalized spacial score (nSPS) is 11.4. The largest absolute Gasteiger partial charge is 0.490 e. The molecule has 0 bridgehead atoms. The zero-order valence-electron chi connectivity index (χ0n) is 16.5. The number of carbonyl (C=O) groups is 1. The molecule has 0 saturated carbocycles. The molecule has 2 rings (SSSR count). The summed E-state index contributed by atoms with van der Waals surface area (Å²) in [7, 11) is -3.57. The number of sulfonamides is 1. The van der Waals surface area contributed by atoms with Crippen molar-refractivity contribution in [1.29, 1.82) is 0 Å². The predicted octanol–water partition coefficient (Wildman–Crippen LogP) is 3.16. The van der Waals surface area contributed by atoms with Crippen molar-refractivity contribution in [3.05, 3.63) is 47.8 Å². The monoisotopic (exact) mass is 446 g/mol. The minimum atomic E-state index is -4.58. The summed E-state index contributed by atoms with van der Waals surface area (Å²) in [4.78, 5) is 11.2. The number of anilines is 1. The molecule has 0 aliphatic carbocycles. The van der Waals surface area contributed by atoms with Crippen molar-refractivity contribution in [3.63, 3.8) is 0 Å². The fraction of sp³-hybridized carbons (Fsp3) is 0.316. The van der Waals surface area contributed by atoms with E-state index in [2.05, 4.69) is 5.32 Å². The highest BCUT2D eigenvalue weighted by atomic mass is 32.2. The SMILES string of the molecule is CCOc1ccc(NC(=O)CN(C)S(=O)(=O)c2ccc(F)c(F)c2F)cc1OCC. The van der Waals surface area contributed by atoms with Crippen LogP contribution < -0.4 is 14.8 Å². The van der Waals surface area contributed by atoms with E-state index in [0.717, 1.165) is 7.05 Å². The summed E-state index contributed by atoms with van der Waals surface area (Å²) in [5.74, 6) is -5.15. The minimum Gasteiger partial charge on any atom is -0.490 e. The Morgan fingerprint density at radius 1 is 1.00 bits per heavy atom. The van der Waals surface area contributed by atoms with E-state index in [0.29, 0.717) is 46.8 Å². The summed E-state index contributed by atoms with van der Waals surface area (Å²) in [5, 5.41) is 2.49. The number of rotatable bonds is 9. The highest BCUT2D eigenvalue weighted by Gasteiger charge is 2.29. The Labute approximate surface area is 172 Å². The number of ether oxygens (including phenoxy) is 2. The summed E-state index contributed by atoms with van der Waals surface area (Å²) in [6, 6.07) is 5.72. The van der Waals surface area contributed by atoms with Crippen LogP contribution in [0.25, 0.3) is 0 Å². The van der Waals surface area contributed by atoms with Crippen LogP contribution >= 0.6 is 0 Å². The number of hydrogen-bond donors (Lipinski definition) is 1. The Morgan fingerprint density at radius 2 is 1.63 bits per heavy atom. The van der Waals surface area contributed by atoms with Gasteiger partial charge in [-0.15, -0.1) is 0 Å². The first-order valence-corrected chi connectivity index (χ1v) is 10.3. The molecule has 7 nitrogen and oxygen atoms in total. The van der Waals surface area contributed by atoms with Gasteiger partial charge in [0.15, 0.2) is 29.0 Å². The minimum absolute atomic E-state index is 0.316. The lowest BCUT2D eigenvalue weighted by Gasteiger charge is -2.18. The Hall–Kier alpha value is -2.79. The Kier molecular flexibility index (Phi) is 7.68. The lowest BCUT2D eigenvalue weighted by Crippen LogP contribution is -2.35. The first kappa shape index (κ1) is 23.5. The van der Waals surface area contributed by atoms with Crippen molar-refractivity contribution < 1.29 is 35.9 Å². The fourth-order valence-electron chi connectivity index (χ4n) is 2.49. The van der Waals surface area contributed by atoms with Crippen LogP contribution in [-0.2, 0) is 14.8 Å². The van der Waals surface area contributed by atoms with E-state index < -0.39 is 44.8 Å². The van der Waals surface area contributed by atoms with Crippen LogP contribution in [0.1, 0.15) is 13.8 Å². The number of halogens is 3. The van der Waals surface area contributed by atoms with Crippen LogP contribution in [0.2, 0.25) is 0 Å². The van der Waals surface area contributed by atoms with E-state index in [-0.39, 0.29) is 0 Å². The molecule has 2 aromatic rings. The highest BCUT2D eigenvalue weighted by Crippen LogP contribution is 2.30. The van der Waals surface area contributed by atoms with Crippen LogP contribution in [0.5, 0.6) is 11.5 Å². The second-order valence-corrected chi connectivity index (χ2v) is 8.02. The van der Waals surface area contributed by atoms with Crippen molar-refractivity contribution >= 4 is 21.6 Å². The van der Waals surface area contributed by atoms with Crippen molar-refractivity contribution in [1.82, 2.24) is 4.31 Å². The third kappa shape index (κ3) is 5.22. The Balaban J connectivity index is 2.16. The van der Waals surface area contributed by atoms with Gasteiger partial charge in [0.25, 0.3) is 0 Å². The highest BCUT2D eigenvalue weighted by molar-refractivity contribution is 7.89. The van der Waals surface area contributed by atoms with Gasteiger partial charge in [-0.1, -0.05) is 0 Å². The number of amides is 1. The Bertz CT molecular complexity index is 1030. The molecule has 0 saturated heterocycles. The average molecular weight is 446 g/mol. The van der Waals surface area contributed by atoms with E-state index in [4.69, 9.17) is 9.47 Å². The molecular weight excluding hydrogens is 425 g/mol. The zero-order chi connectivity index (χ0) is 22.5. The van der Waals surface area contributed by atoms with Crippen LogP contribution in [0.4, 0.5) is 18.9 Å². The fourth-order valence-corrected chi connectivity index (χ4v) is 3.67. The molecule has 2 aromatic carbocycles. The van der Waals surface area contributed by atoms with E-state index in [1.165, 1.54) is 12.1 Å². The lowest BCUT2D eigenvalue weighted by molar-refractivity contribution is -0.116. The average Bonchev–Trinajstić information content (AvgIpc) is 2.68. The molecule has 0 aliphatic rings. The molecular formula is C19H21F3N2O5S. The van der Waals surface area contributed by atoms with E-state index in [1.807, 2.05) is 0 Å². The summed E-state index contributed by atoms with van der Waals surface area (Å²) >= 11 is 0. The second kappa shape index (κ2) is 9.81. The van der Waals surface area contributed by atoms with Gasteiger partial charge in [0.1, 0.15) is 4.90 Å². The molecule has 0 atom stereocenters. The smallest absolute Gasteiger partial charge is 0.246 e. The predicted molar refractivity (Wildman–Crippen MR) is 104 cm³/mol. The van der Waals surface area contributed by atoms with E-state index in [1.54, 1.807) is 19.9 Å². The number of nitrogens with one attached hydrogen (secondary N) is 1. The lowest BCUT2D eigenvalue weighted by atomic mass is 10.2. The molecule has 0 aliphatic heterocycles. The molecule has 1 N–H and O–H groups in total. The van der Waals surface area contributed by atoms with Crippen LogP contribution in [0, 0.1) is 17.5 Å². The summed E-state index contributed by atoms with van der Waals surface area (Å²) in [5.41, 5.74) is 0.316. The molecule has 0 radical (unpaired) electrons. The third-order valence-corrected chi connectivity index (χ3v) is 5.70. The maximum atomic E-state index is 13.9. The van der Waals surface area contributed by atoms with Gasteiger partial charge in [-0.05, 0) is 38.1 Å². The first-order chi connectivity index (χ1) is 14.1.